The van der Waals surface area contributed by atoms with E-state index in [4.69, 9.17) is 0 Å². The number of fused-ring (bicyclic) bond motifs is 1. The lowest BCUT2D eigenvalue weighted by Gasteiger charge is -2.12. The number of thiophene rings is 1. The molecule has 128 valence electrons. The van der Waals surface area contributed by atoms with Gasteiger partial charge in [0.2, 0.25) is 0 Å². The number of para-hydroxylation sites is 1. The first kappa shape index (κ1) is 16.4. The van der Waals surface area contributed by atoms with E-state index in [1.54, 1.807) is 34.9 Å². The van der Waals surface area contributed by atoms with E-state index in [1.807, 2.05) is 42.6 Å². The van der Waals surface area contributed by atoms with Gasteiger partial charge >= 0.3 is 0 Å². The molecule has 0 aliphatic carbocycles. The molecule has 0 spiro atoms. The number of nitrogens with zero attached hydrogens (tertiary/aromatic N) is 2. The summed E-state index contributed by atoms with van der Waals surface area (Å²) in [7, 11) is 0. The van der Waals surface area contributed by atoms with Crippen LogP contribution in [0.15, 0.2) is 64.8 Å². The molecule has 0 bridgehead atoms. The van der Waals surface area contributed by atoms with E-state index in [1.165, 1.54) is 17.4 Å². The van der Waals surface area contributed by atoms with E-state index in [9.17, 15) is 9.18 Å². The molecule has 0 saturated heterocycles. The van der Waals surface area contributed by atoms with Crippen molar-refractivity contribution < 1.29 is 4.39 Å². The molecule has 0 unspecified atom stereocenters. The van der Waals surface area contributed by atoms with Crippen LogP contribution < -0.4 is 5.56 Å². The highest BCUT2D eigenvalue weighted by molar-refractivity contribution is 7.17. The first-order valence-electron chi connectivity index (χ1n) is 8.14. The molecular formula is C21H15FN2OS. The summed E-state index contributed by atoms with van der Waals surface area (Å²) in [4.78, 5) is 17.7. The van der Waals surface area contributed by atoms with E-state index in [0.29, 0.717) is 21.6 Å². The molecule has 0 amide bonds. The summed E-state index contributed by atoms with van der Waals surface area (Å²) >= 11 is 1.37. The average molecular weight is 362 g/mol. The molecule has 5 heteroatoms. The van der Waals surface area contributed by atoms with E-state index in [2.05, 4.69) is 4.98 Å². The van der Waals surface area contributed by atoms with E-state index >= 15 is 0 Å². The largest absolute Gasteiger partial charge is 0.276 e. The summed E-state index contributed by atoms with van der Waals surface area (Å²) < 4.78 is 16.1. The van der Waals surface area contributed by atoms with Gasteiger partial charge in [-0.1, -0.05) is 36.4 Å². The van der Waals surface area contributed by atoms with Gasteiger partial charge < -0.3 is 0 Å². The second kappa shape index (κ2) is 6.69. The van der Waals surface area contributed by atoms with Crippen LogP contribution in [0.4, 0.5) is 4.39 Å². The number of benzene rings is 2. The van der Waals surface area contributed by atoms with Gasteiger partial charge in [0.15, 0.2) is 0 Å². The molecular weight excluding hydrogens is 347 g/mol. The molecule has 0 atom stereocenters. The number of halogens is 1. The molecule has 0 saturated carbocycles. The van der Waals surface area contributed by atoms with Crippen LogP contribution in [0.2, 0.25) is 0 Å². The monoisotopic (exact) mass is 362 g/mol. The molecule has 0 aliphatic heterocycles. The maximum Gasteiger partial charge on any atom is 0.276 e. The molecule has 2 aromatic carbocycles. The predicted molar refractivity (Wildman–Crippen MR) is 105 cm³/mol. The topological polar surface area (TPSA) is 34.9 Å². The van der Waals surface area contributed by atoms with Gasteiger partial charge in [0, 0.05) is 5.56 Å². The van der Waals surface area contributed by atoms with Crippen LogP contribution in [-0.2, 0) is 0 Å². The second-order valence-corrected chi connectivity index (χ2v) is 6.80. The number of hydrogen-bond donors (Lipinski definition) is 0. The lowest BCUT2D eigenvalue weighted by atomic mass is 10.1. The highest BCUT2D eigenvalue weighted by Gasteiger charge is 2.13. The van der Waals surface area contributed by atoms with Crippen LogP contribution in [0.5, 0.6) is 0 Å². The Morgan fingerprint density at radius 2 is 1.81 bits per heavy atom. The van der Waals surface area contributed by atoms with Gasteiger partial charge in [-0.05, 0) is 48.2 Å². The summed E-state index contributed by atoms with van der Waals surface area (Å²) in [5.74, 6) is 0.156. The molecule has 0 fully saturated rings. The predicted octanol–water partition coefficient (Wildman–Crippen LogP) is 5.07. The molecule has 0 aliphatic rings. The molecule has 3 nitrogen and oxygen atoms in total. The van der Waals surface area contributed by atoms with Crippen LogP contribution in [-0.4, -0.2) is 9.55 Å². The van der Waals surface area contributed by atoms with E-state index in [0.717, 1.165) is 11.3 Å². The van der Waals surface area contributed by atoms with Crippen LogP contribution in [0.25, 0.3) is 28.1 Å². The molecule has 0 N–H and O–H groups in total. The maximum absolute atomic E-state index is 13.9. The third-order valence-electron chi connectivity index (χ3n) is 4.18. The van der Waals surface area contributed by atoms with Crippen molar-refractivity contribution in [2.75, 3.05) is 0 Å². The van der Waals surface area contributed by atoms with Gasteiger partial charge in [0.1, 0.15) is 16.3 Å². The van der Waals surface area contributed by atoms with Crippen LogP contribution in [0.1, 0.15) is 17.0 Å². The maximum atomic E-state index is 13.9. The van der Waals surface area contributed by atoms with Gasteiger partial charge in [-0.3, -0.25) is 9.36 Å². The minimum atomic E-state index is -0.315. The van der Waals surface area contributed by atoms with Crippen molar-refractivity contribution in [1.82, 2.24) is 9.55 Å². The molecule has 2 heterocycles. The molecule has 26 heavy (non-hydrogen) atoms. The SMILES string of the molecule is Cc1ccccc1-n1c(C=Cc2ccccc2F)nc2ccsc2c1=O. The minimum absolute atomic E-state index is 0.118. The van der Waals surface area contributed by atoms with E-state index < -0.39 is 0 Å². The zero-order valence-electron chi connectivity index (χ0n) is 14.0. The third-order valence-corrected chi connectivity index (χ3v) is 5.07. The van der Waals surface area contributed by atoms with Gasteiger partial charge in [0.25, 0.3) is 5.56 Å². The van der Waals surface area contributed by atoms with Gasteiger partial charge in [-0.15, -0.1) is 11.3 Å². The normalized spacial score (nSPS) is 11.5. The fourth-order valence-corrected chi connectivity index (χ4v) is 3.62. The highest BCUT2D eigenvalue weighted by Crippen LogP contribution is 2.21. The Labute approximate surface area is 153 Å². The standard InChI is InChI=1S/C21H15FN2OS/c1-14-6-2-5-9-18(14)24-19(11-10-15-7-3-4-8-16(15)22)23-17-12-13-26-20(17)21(24)25/h2-13H,1H3. The Balaban J connectivity index is 1.96. The molecule has 4 aromatic rings. The average Bonchev–Trinajstić information content (AvgIpc) is 3.11. The summed E-state index contributed by atoms with van der Waals surface area (Å²) in [6.07, 6.45) is 3.33. The fourth-order valence-electron chi connectivity index (χ4n) is 2.86. The third kappa shape index (κ3) is 2.86. The first-order valence-corrected chi connectivity index (χ1v) is 9.02. The number of rotatable bonds is 3. The van der Waals surface area contributed by atoms with Crippen LogP contribution >= 0.6 is 11.3 Å². The lowest BCUT2D eigenvalue weighted by molar-refractivity contribution is 0.625. The van der Waals surface area contributed by atoms with Gasteiger partial charge in [0.05, 0.1) is 11.2 Å². The van der Waals surface area contributed by atoms with Crippen molar-refractivity contribution in [2.24, 2.45) is 0 Å². The van der Waals surface area contributed by atoms with Crippen molar-refractivity contribution in [3.63, 3.8) is 0 Å². The zero-order valence-corrected chi connectivity index (χ0v) is 14.8. The fraction of sp³-hybridized carbons (Fsp3) is 0.0476. The minimum Gasteiger partial charge on any atom is -0.267 e. The lowest BCUT2D eigenvalue weighted by Crippen LogP contribution is -2.22. The molecule has 4 rings (SSSR count). The number of aryl methyl sites for hydroxylation is 1. The second-order valence-electron chi connectivity index (χ2n) is 5.89. The Kier molecular flexibility index (Phi) is 4.22. The summed E-state index contributed by atoms with van der Waals surface area (Å²) in [5, 5.41) is 1.85. The van der Waals surface area contributed by atoms with Crippen molar-refractivity contribution >= 4 is 33.7 Å². The summed E-state index contributed by atoms with van der Waals surface area (Å²) in [6.45, 7) is 1.95. The van der Waals surface area contributed by atoms with Crippen molar-refractivity contribution in [1.29, 1.82) is 0 Å². The highest BCUT2D eigenvalue weighted by atomic mass is 32.1. The van der Waals surface area contributed by atoms with Crippen molar-refractivity contribution in [2.45, 2.75) is 6.92 Å². The van der Waals surface area contributed by atoms with Crippen LogP contribution in [0.3, 0.4) is 0 Å². The summed E-state index contributed by atoms with van der Waals surface area (Å²) in [5.41, 5.74) is 2.72. The number of aromatic nitrogens is 2. The molecule has 0 radical (unpaired) electrons. The quantitative estimate of drug-likeness (QED) is 0.510. The molecule has 2 aromatic heterocycles. The number of hydrogen-bond acceptors (Lipinski definition) is 3. The first-order chi connectivity index (χ1) is 12.6. The van der Waals surface area contributed by atoms with Crippen LogP contribution in [0, 0.1) is 12.7 Å². The Morgan fingerprint density at radius 1 is 1.04 bits per heavy atom. The zero-order chi connectivity index (χ0) is 18.1. The summed E-state index contributed by atoms with van der Waals surface area (Å²) in [6, 6.07) is 16.0. The van der Waals surface area contributed by atoms with Gasteiger partial charge in [-0.2, -0.15) is 0 Å². The van der Waals surface area contributed by atoms with Crippen molar-refractivity contribution in [3.05, 3.63) is 93.1 Å². The van der Waals surface area contributed by atoms with Crippen molar-refractivity contribution in [3.8, 4) is 5.69 Å². The Morgan fingerprint density at radius 3 is 2.62 bits per heavy atom. The van der Waals surface area contributed by atoms with E-state index in [-0.39, 0.29) is 11.4 Å². The Hall–Kier alpha value is -3.05. The smallest absolute Gasteiger partial charge is 0.267 e. The van der Waals surface area contributed by atoms with Gasteiger partial charge in [-0.25, -0.2) is 9.37 Å². The Bertz CT molecular complexity index is 1190.